The SMILES string of the molecule is CCCCC(NC(=O)CC(C)N)C(=O)O. The normalized spacial score (nSPS) is 14.3. The molecule has 0 rings (SSSR count). The lowest BCUT2D eigenvalue weighted by Crippen LogP contribution is -2.42. The van der Waals surface area contributed by atoms with E-state index in [4.69, 9.17) is 10.8 Å². The summed E-state index contributed by atoms with van der Waals surface area (Å²) in [6.07, 6.45) is 2.33. The van der Waals surface area contributed by atoms with Crippen molar-refractivity contribution in [3.8, 4) is 0 Å². The Kier molecular flexibility index (Phi) is 6.70. The summed E-state index contributed by atoms with van der Waals surface area (Å²) in [5.41, 5.74) is 5.44. The number of carbonyl (C=O) groups excluding carboxylic acids is 1. The smallest absolute Gasteiger partial charge is 0.326 e. The average Bonchev–Trinajstić information content (AvgIpc) is 2.10. The molecule has 0 aliphatic carbocycles. The molecular weight excluding hydrogens is 196 g/mol. The Labute approximate surface area is 90.0 Å². The van der Waals surface area contributed by atoms with Gasteiger partial charge in [-0.3, -0.25) is 4.79 Å². The van der Waals surface area contributed by atoms with Gasteiger partial charge in [0.25, 0.3) is 0 Å². The predicted octanol–water partition coefficient (Wildman–Crippen LogP) is 0.483. The Morgan fingerprint density at radius 3 is 2.47 bits per heavy atom. The van der Waals surface area contributed by atoms with E-state index in [0.717, 1.165) is 12.8 Å². The van der Waals surface area contributed by atoms with E-state index in [2.05, 4.69) is 5.32 Å². The number of nitrogens with two attached hydrogens (primary N) is 1. The molecule has 0 spiro atoms. The van der Waals surface area contributed by atoms with Crippen LogP contribution < -0.4 is 11.1 Å². The van der Waals surface area contributed by atoms with Crippen molar-refractivity contribution in [2.24, 2.45) is 5.73 Å². The molecule has 0 aromatic carbocycles. The van der Waals surface area contributed by atoms with Crippen molar-refractivity contribution < 1.29 is 14.7 Å². The van der Waals surface area contributed by atoms with Gasteiger partial charge in [0.2, 0.25) is 5.91 Å². The molecule has 0 saturated heterocycles. The third-order valence-electron chi connectivity index (χ3n) is 1.99. The van der Waals surface area contributed by atoms with Gasteiger partial charge in [-0.2, -0.15) is 0 Å². The first-order chi connectivity index (χ1) is 6.97. The van der Waals surface area contributed by atoms with Crippen LogP contribution in [0.1, 0.15) is 39.5 Å². The third kappa shape index (κ3) is 6.90. The first kappa shape index (κ1) is 13.9. The minimum absolute atomic E-state index is 0.163. The molecule has 5 nitrogen and oxygen atoms in total. The van der Waals surface area contributed by atoms with Crippen molar-refractivity contribution in [2.75, 3.05) is 0 Å². The second kappa shape index (κ2) is 7.23. The molecule has 4 N–H and O–H groups in total. The Morgan fingerprint density at radius 2 is 2.07 bits per heavy atom. The van der Waals surface area contributed by atoms with Gasteiger partial charge in [0, 0.05) is 12.5 Å². The van der Waals surface area contributed by atoms with Crippen LogP contribution in [0.15, 0.2) is 0 Å². The molecule has 1 amide bonds. The standard InChI is InChI=1S/C10H20N2O3/c1-3-4-5-8(10(14)15)12-9(13)6-7(2)11/h7-8H,3-6,11H2,1-2H3,(H,12,13)(H,14,15). The van der Waals surface area contributed by atoms with E-state index < -0.39 is 12.0 Å². The van der Waals surface area contributed by atoms with Crippen LogP contribution in [-0.2, 0) is 9.59 Å². The largest absolute Gasteiger partial charge is 0.480 e. The fourth-order valence-corrected chi connectivity index (χ4v) is 1.21. The van der Waals surface area contributed by atoms with Crippen LogP contribution in [0.4, 0.5) is 0 Å². The number of carbonyl (C=O) groups is 2. The van der Waals surface area contributed by atoms with Crippen LogP contribution in [0.3, 0.4) is 0 Å². The second-order valence-electron chi connectivity index (χ2n) is 3.78. The van der Waals surface area contributed by atoms with Gasteiger partial charge in [0.1, 0.15) is 6.04 Å². The maximum absolute atomic E-state index is 11.3. The molecule has 0 bridgehead atoms. The highest BCUT2D eigenvalue weighted by Gasteiger charge is 2.19. The molecule has 0 saturated carbocycles. The van der Waals surface area contributed by atoms with E-state index in [9.17, 15) is 9.59 Å². The third-order valence-corrected chi connectivity index (χ3v) is 1.99. The topological polar surface area (TPSA) is 92.4 Å². The van der Waals surface area contributed by atoms with Crippen LogP contribution in [-0.4, -0.2) is 29.1 Å². The molecule has 0 aliphatic heterocycles. The van der Waals surface area contributed by atoms with Crippen LogP contribution in [0.25, 0.3) is 0 Å². The number of unbranched alkanes of at least 4 members (excludes halogenated alkanes) is 1. The van der Waals surface area contributed by atoms with E-state index in [0.29, 0.717) is 6.42 Å². The van der Waals surface area contributed by atoms with Gasteiger partial charge in [0.15, 0.2) is 0 Å². The van der Waals surface area contributed by atoms with Gasteiger partial charge in [0.05, 0.1) is 0 Å². The monoisotopic (exact) mass is 216 g/mol. The van der Waals surface area contributed by atoms with E-state index in [1.807, 2.05) is 6.92 Å². The number of nitrogens with one attached hydrogen (secondary N) is 1. The molecule has 5 heteroatoms. The van der Waals surface area contributed by atoms with Crippen LogP contribution in [0.5, 0.6) is 0 Å². The summed E-state index contributed by atoms with van der Waals surface area (Å²) < 4.78 is 0. The Hall–Kier alpha value is -1.10. The van der Waals surface area contributed by atoms with Crippen LogP contribution >= 0.6 is 0 Å². The molecule has 0 heterocycles. The maximum atomic E-state index is 11.3. The summed E-state index contributed by atoms with van der Waals surface area (Å²) in [5, 5.41) is 11.3. The van der Waals surface area contributed by atoms with Crippen molar-refractivity contribution in [1.82, 2.24) is 5.32 Å². The summed E-state index contributed by atoms with van der Waals surface area (Å²) in [7, 11) is 0. The van der Waals surface area contributed by atoms with E-state index >= 15 is 0 Å². The van der Waals surface area contributed by atoms with Crippen LogP contribution in [0.2, 0.25) is 0 Å². The predicted molar refractivity (Wildman–Crippen MR) is 57.4 cm³/mol. The molecule has 0 aliphatic rings. The Balaban J connectivity index is 4.04. The number of carboxylic acid groups (broad SMARTS) is 1. The summed E-state index contributed by atoms with van der Waals surface area (Å²) in [5.74, 6) is -1.28. The zero-order chi connectivity index (χ0) is 11.8. The average molecular weight is 216 g/mol. The molecular formula is C10H20N2O3. The molecule has 0 fully saturated rings. The van der Waals surface area contributed by atoms with Gasteiger partial charge >= 0.3 is 5.97 Å². The molecule has 0 radical (unpaired) electrons. The Bertz CT molecular complexity index is 217. The van der Waals surface area contributed by atoms with Crippen molar-refractivity contribution in [1.29, 1.82) is 0 Å². The number of hydrogen-bond acceptors (Lipinski definition) is 3. The number of aliphatic carboxylic acids is 1. The van der Waals surface area contributed by atoms with Crippen LogP contribution in [0, 0.1) is 0 Å². The minimum Gasteiger partial charge on any atom is -0.480 e. The van der Waals surface area contributed by atoms with E-state index in [-0.39, 0.29) is 18.4 Å². The fraction of sp³-hybridized carbons (Fsp3) is 0.800. The number of hydrogen-bond donors (Lipinski definition) is 3. The highest BCUT2D eigenvalue weighted by atomic mass is 16.4. The Morgan fingerprint density at radius 1 is 1.47 bits per heavy atom. The molecule has 2 unspecified atom stereocenters. The first-order valence-corrected chi connectivity index (χ1v) is 5.25. The van der Waals surface area contributed by atoms with Gasteiger partial charge in [-0.15, -0.1) is 0 Å². The summed E-state index contributed by atoms with van der Waals surface area (Å²) in [4.78, 5) is 22.1. The lowest BCUT2D eigenvalue weighted by Gasteiger charge is -2.14. The van der Waals surface area contributed by atoms with Gasteiger partial charge in [-0.25, -0.2) is 4.79 Å². The molecule has 0 aromatic rings. The second-order valence-corrected chi connectivity index (χ2v) is 3.78. The van der Waals surface area contributed by atoms with Crippen molar-refractivity contribution in [2.45, 2.75) is 51.6 Å². The fourth-order valence-electron chi connectivity index (χ4n) is 1.21. The molecule has 88 valence electrons. The van der Waals surface area contributed by atoms with Gasteiger partial charge in [-0.05, 0) is 13.3 Å². The number of amides is 1. The van der Waals surface area contributed by atoms with Gasteiger partial charge in [-0.1, -0.05) is 19.8 Å². The zero-order valence-electron chi connectivity index (χ0n) is 9.32. The highest BCUT2D eigenvalue weighted by Crippen LogP contribution is 2.01. The van der Waals surface area contributed by atoms with E-state index in [1.165, 1.54) is 0 Å². The van der Waals surface area contributed by atoms with Crippen molar-refractivity contribution >= 4 is 11.9 Å². The first-order valence-electron chi connectivity index (χ1n) is 5.25. The summed E-state index contributed by atoms with van der Waals surface area (Å²) in [6, 6.07) is -1.03. The summed E-state index contributed by atoms with van der Waals surface area (Å²) >= 11 is 0. The number of carboxylic acids is 1. The highest BCUT2D eigenvalue weighted by molar-refractivity contribution is 5.83. The quantitative estimate of drug-likeness (QED) is 0.577. The molecule has 15 heavy (non-hydrogen) atoms. The molecule has 0 aromatic heterocycles. The lowest BCUT2D eigenvalue weighted by molar-refractivity contribution is -0.142. The van der Waals surface area contributed by atoms with Crippen molar-refractivity contribution in [3.05, 3.63) is 0 Å². The zero-order valence-corrected chi connectivity index (χ0v) is 9.32. The number of rotatable bonds is 7. The lowest BCUT2D eigenvalue weighted by atomic mass is 10.1. The van der Waals surface area contributed by atoms with E-state index in [1.54, 1.807) is 6.92 Å². The van der Waals surface area contributed by atoms with Crippen molar-refractivity contribution in [3.63, 3.8) is 0 Å². The summed E-state index contributed by atoms with van der Waals surface area (Å²) in [6.45, 7) is 3.68. The maximum Gasteiger partial charge on any atom is 0.326 e. The minimum atomic E-state index is -0.985. The van der Waals surface area contributed by atoms with Gasteiger partial charge < -0.3 is 16.2 Å². The molecule has 2 atom stereocenters.